The average Bonchev–Trinajstić information content (AvgIpc) is 2.43. The van der Waals surface area contributed by atoms with E-state index in [1.165, 1.54) is 0 Å². The Bertz CT molecular complexity index is 690. The third-order valence-corrected chi connectivity index (χ3v) is 3.56. The van der Waals surface area contributed by atoms with Gasteiger partial charge in [-0.3, -0.25) is 9.52 Å². The van der Waals surface area contributed by atoms with E-state index in [1.807, 2.05) is 6.92 Å². The average molecular weight is 346 g/mol. The maximum atomic E-state index is 13.4. The molecule has 0 spiro atoms. The van der Waals surface area contributed by atoms with Gasteiger partial charge in [-0.2, -0.15) is 0 Å². The van der Waals surface area contributed by atoms with Crippen molar-refractivity contribution in [2.24, 2.45) is 0 Å². The van der Waals surface area contributed by atoms with Gasteiger partial charge in [0.05, 0.1) is 17.5 Å². The molecule has 0 aromatic heterocycles. The Hall–Kier alpha value is -2.16. The van der Waals surface area contributed by atoms with Crippen molar-refractivity contribution in [1.82, 2.24) is 5.32 Å². The SMILES string of the molecule is CCCCC(NC(=O)c1cc(F)ccc1NS(C)(=O)=O)C(=O)O. The minimum Gasteiger partial charge on any atom is -0.480 e. The third-order valence-electron chi connectivity index (χ3n) is 2.97. The van der Waals surface area contributed by atoms with Crippen LogP contribution in [0.4, 0.5) is 10.1 Å². The molecule has 1 aromatic rings. The smallest absolute Gasteiger partial charge is 0.326 e. The number of aliphatic carboxylic acids is 1. The molecule has 0 saturated carbocycles. The predicted molar refractivity (Wildman–Crippen MR) is 83.3 cm³/mol. The summed E-state index contributed by atoms with van der Waals surface area (Å²) >= 11 is 0. The molecular weight excluding hydrogens is 327 g/mol. The molecule has 0 radical (unpaired) electrons. The fourth-order valence-corrected chi connectivity index (χ4v) is 2.47. The Morgan fingerprint density at radius 2 is 2.00 bits per heavy atom. The Balaban J connectivity index is 3.05. The molecule has 3 N–H and O–H groups in total. The summed E-state index contributed by atoms with van der Waals surface area (Å²) in [6, 6.07) is 1.82. The number of halogens is 1. The molecule has 1 aromatic carbocycles. The zero-order chi connectivity index (χ0) is 17.6. The molecule has 0 bridgehead atoms. The quantitative estimate of drug-likeness (QED) is 0.661. The van der Waals surface area contributed by atoms with Gasteiger partial charge in [0, 0.05) is 0 Å². The molecule has 1 rings (SSSR count). The molecule has 1 unspecified atom stereocenters. The van der Waals surface area contributed by atoms with Gasteiger partial charge < -0.3 is 10.4 Å². The van der Waals surface area contributed by atoms with Crippen molar-refractivity contribution >= 4 is 27.6 Å². The number of carbonyl (C=O) groups is 2. The molecule has 9 heteroatoms. The summed E-state index contributed by atoms with van der Waals surface area (Å²) in [7, 11) is -3.67. The Morgan fingerprint density at radius 1 is 1.35 bits per heavy atom. The number of amides is 1. The van der Waals surface area contributed by atoms with E-state index in [-0.39, 0.29) is 17.7 Å². The molecule has 23 heavy (non-hydrogen) atoms. The molecule has 128 valence electrons. The van der Waals surface area contributed by atoms with Crippen LogP contribution in [-0.4, -0.2) is 37.7 Å². The first kappa shape index (κ1) is 18.9. The number of carboxylic acids is 1. The summed E-state index contributed by atoms with van der Waals surface area (Å²) in [5.41, 5.74) is -0.399. The highest BCUT2D eigenvalue weighted by Gasteiger charge is 2.22. The number of unbranched alkanes of at least 4 members (excludes halogenated alkanes) is 1. The number of anilines is 1. The molecule has 1 amide bonds. The topological polar surface area (TPSA) is 113 Å². The highest BCUT2D eigenvalue weighted by molar-refractivity contribution is 7.92. The van der Waals surface area contributed by atoms with Crippen molar-refractivity contribution in [2.45, 2.75) is 32.2 Å². The summed E-state index contributed by atoms with van der Waals surface area (Å²) in [6.07, 6.45) is 2.45. The lowest BCUT2D eigenvalue weighted by Gasteiger charge is -2.16. The molecule has 1 atom stereocenters. The Morgan fingerprint density at radius 3 is 2.52 bits per heavy atom. The van der Waals surface area contributed by atoms with Crippen molar-refractivity contribution in [2.75, 3.05) is 11.0 Å². The zero-order valence-electron chi connectivity index (χ0n) is 12.8. The Labute approximate surface area is 133 Å². The van der Waals surface area contributed by atoms with Gasteiger partial charge in [-0.25, -0.2) is 17.6 Å². The molecule has 0 fully saturated rings. The second-order valence-electron chi connectivity index (χ2n) is 5.07. The number of carboxylic acid groups (broad SMARTS) is 1. The first-order valence-electron chi connectivity index (χ1n) is 6.95. The summed E-state index contributed by atoms with van der Waals surface area (Å²) in [4.78, 5) is 23.4. The number of hydrogen-bond acceptors (Lipinski definition) is 4. The molecule has 0 heterocycles. The standard InChI is InChI=1S/C14H19FN2O5S/c1-3-4-5-12(14(19)20)16-13(18)10-8-9(15)6-7-11(10)17-23(2,21)22/h6-8,12,17H,3-5H2,1-2H3,(H,16,18)(H,19,20). The lowest BCUT2D eigenvalue weighted by atomic mass is 10.1. The fraction of sp³-hybridized carbons (Fsp3) is 0.429. The van der Waals surface area contributed by atoms with Gasteiger partial charge in [0.25, 0.3) is 5.91 Å². The summed E-state index contributed by atoms with van der Waals surface area (Å²) in [5, 5.41) is 11.4. The van der Waals surface area contributed by atoms with Crippen LogP contribution in [0.15, 0.2) is 18.2 Å². The van der Waals surface area contributed by atoms with Gasteiger partial charge in [0.1, 0.15) is 11.9 Å². The van der Waals surface area contributed by atoms with Crippen LogP contribution in [0, 0.1) is 5.82 Å². The van der Waals surface area contributed by atoms with E-state index in [2.05, 4.69) is 10.0 Å². The van der Waals surface area contributed by atoms with E-state index >= 15 is 0 Å². The minimum atomic E-state index is -3.67. The van der Waals surface area contributed by atoms with E-state index in [0.29, 0.717) is 6.42 Å². The van der Waals surface area contributed by atoms with Gasteiger partial charge >= 0.3 is 5.97 Å². The lowest BCUT2D eigenvalue weighted by molar-refractivity contribution is -0.139. The van der Waals surface area contributed by atoms with Crippen LogP contribution in [0.2, 0.25) is 0 Å². The van der Waals surface area contributed by atoms with Gasteiger partial charge in [0.2, 0.25) is 10.0 Å². The monoisotopic (exact) mass is 346 g/mol. The largest absolute Gasteiger partial charge is 0.480 e. The maximum absolute atomic E-state index is 13.4. The van der Waals surface area contributed by atoms with Gasteiger partial charge in [-0.1, -0.05) is 19.8 Å². The van der Waals surface area contributed by atoms with Crippen LogP contribution in [0.5, 0.6) is 0 Å². The lowest BCUT2D eigenvalue weighted by Crippen LogP contribution is -2.41. The third kappa shape index (κ3) is 6.23. The minimum absolute atomic E-state index is 0.119. The van der Waals surface area contributed by atoms with E-state index in [4.69, 9.17) is 5.11 Å². The molecule has 0 aliphatic heterocycles. The second kappa shape index (κ2) is 7.91. The first-order valence-corrected chi connectivity index (χ1v) is 8.84. The first-order chi connectivity index (χ1) is 10.6. The molecule has 7 nitrogen and oxygen atoms in total. The summed E-state index contributed by atoms with van der Waals surface area (Å²) < 4.78 is 38.1. The van der Waals surface area contributed by atoms with Crippen LogP contribution < -0.4 is 10.0 Å². The second-order valence-corrected chi connectivity index (χ2v) is 6.82. The number of sulfonamides is 1. The number of carbonyl (C=O) groups excluding carboxylic acids is 1. The number of nitrogens with one attached hydrogen (secondary N) is 2. The van der Waals surface area contributed by atoms with Crippen molar-refractivity contribution in [3.63, 3.8) is 0 Å². The van der Waals surface area contributed by atoms with Crippen molar-refractivity contribution < 1.29 is 27.5 Å². The van der Waals surface area contributed by atoms with Crippen LogP contribution in [0.1, 0.15) is 36.5 Å². The zero-order valence-corrected chi connectivity index (χ0v) is 13.6. The van der Waals surface area contributed by atoms with Crippen LogP contribution in [0.25, 0.3) is 0 Å². The molecular formula is C14H19FN2O5S. The van der Waals surface area contributed by atoms with Crippen molar-refractivity contribution in [3.8, 4) is 0 Å². The number of hydrogen-bond donors (Lipinski definition) is 3. The predicted octanol–water partition coefficient (Wildman–Crippen LogP) is 1.57. The Kier molecular flexibility index (Phi) is 6.49. The molecule has 0 saturated heterocycles. The van der Waals surface area contributed by atoms with E-state index in [0.717, 1.165) is 30.9 Å². The maximum Gasteiger partial charge on any atom is 0.326 e. The summed E-state index contributed by atoms with van der Waals surface area (Å²) in [6.45, 7) is 1.88. The van der Waals surface area contributed by atoms with Gasteiger partial charge in [0.15, 0.2) is 0 Å². The van der Waals surface area contributed by atoms with Gasteiger partial charge in [-0.15, -0.1) is 0 Å². The van der Waals surface area contributed by atoms with Crippen LogP contribution in [-0.2, 0) is 14.8 Å². The van der Waals surface area contributed by atoms with Gasteiger partial charge in [-0.05, 0) is 24.6 Å². The fourth-order valence-electron chi connectivity index (χ4n) is 1.89. The van der Waals surface area contributed by atoms with Crippen LogP contribution >= 0.6 is 0 Å². The van der Waals surface area contributed by atoms with Crippen molar-refractivity contribution in [3.05, 3.63) is 29.6 Å². The normalized spacial score (nSPS) is 12.5. The highest BCUT2D eigenvalue weighted by Crippen LogP contribution is 2.18. The number of benzene rings is 1. The highest BCUT2D eigenvalue weighted by atomic mass is 32.2. The molecule has 0 aliphatic carbocycles. The molecule has 0 aliphatic rings. The van der Waals surface area contributed by atoms with E-state index in [9.17, 15) is 22.4 Å². The van der Waals surface area contributed by atoms with Crippen LogP contribution in [0.3, 0.4) is 0 Å². The van der Waals surface area contributed by atoms with E-state index < -0.39 is 33.8 Å². The summed E-state index contributed by atoms with van der Waals surface area (Å²) in [5.74, 6) is -2.81. The van der Waals surface area contributed by atoms with E-state index in [1.54, 1.807) is 0 Å². The van der Waals surface area contributed by atoms with Crippen molar-refractivity contribution in [1.29, 1.82) is 0 Å². The number of rotatable bonds is 8.